The van der Waals surface area contributed by atoms with Crippen LogP contribution >= 0.6 is 11.6 Å². The standard InChI is InChI=1S/C12H11ClN2O3/c1-2-5-14-7-11(16)15-10-6-8(13)3-4-9(10)12(17)18/h1,3-4,6,14H,5,7H2,(H,15,16)(H,17,18). The van der Waals surface area contributed by atoms with Gasteiger partial charge in [-0.05, 0) is 18.2 Å². The maximum atomic E-state index is 11.5. The largest absolute Gasteiger partial charge is 0.478 e. The predicted octanol–water partition coefficient (Wildman–Crippen LogP) is 1.20. The SMILES string of the molecule is C#CCNCC(=O)Nc1cc(Cl)ccc1C(=O)O. The van der Waals surface area contributed by atoms with Crippen molar-refractivity contribution in [3.63, 3.8) is 0 Å². The summed E-state index contributed by atoms with van der Waals surface area (Å²) in [6, 6.07) is 4.15. The van der Waals surface area contributed by atoms with E-state index in [0.29, 0.717) is 5.02 Å². The first kappa shape index (κ1) is 14.0. The first-order valence-electron chi connectivity index (χ1n) is 5.01. The minimum Gasteiger partial charge on any atom is -0.478 e. The lowest BCUT2D eigenvalue weighted by Crippen LogP contribution is -2.28. The quantitative estimate of drug-likeness (QED) is 0.553. The van der Waals surface area contributed by atoms with Gasteiger partial charge in [-0.2, -0.15) is 0 Å². The molecule has 0 unspecified atom stereocenters. The van der Waals surface area contributed by atoms with E-state index >= 15 is 0 Å². The molecular weight excluding hydrogens is 256 g/mol. The fourth-order valence-corrected chi connectivity index (χ4v) is 1.42. The van der Waals surface area contributed by atoms with Crippen molar-refractivity contribution in [3.05, 3.63) is 28.8 Å². The van der Waals surface area contributed by atoms with E-state index in [2.05, 4.69) is 16.6 Å². The first-order chi connectivity index (χ1) is 8.54. The van der Waals surface area contributed by atoms with Crippen LogP contribution in [0.3, 0.4) is 0 Å². The first-order valence-corrected chi connectivity index (χ1v) is 5.39. The van der Waals surface area contributed by atoms with Gasteiger partial charge in [-0.1, -0.05) is 17.5 Å². The van der Waals surface area contributed by atoms with Gasteiger partial charge < -0.3 is 10.4 Å². The average Bonchev–Trinajstić information content (AvgIpc) is 2.29. The minimum absolute atomic E-state index is 0.00419. The van der Waals surface area contributed by atoms with Crippen LogP contribution in [0.1, 0.15) is 10.4 Å². The van der Waals surface area contributed by atoms with Crippen molar-refractivity contribution in [2.24, 2.45) is 0 Å². The summed E-state index contributed by atoms with van der Waals surface area (Å²) >= 11 is 5.75. The van der Waals surface area contributed by atoms with Gasteiger partial charge in [-0.25, -0.2) is 4.79 Å². The molecule has 6 heteroatoms. The van der Waals surface area contributed by atoms with Gasteiger partial charge in [-0.3, -0.25) is 10.1 Å². The number of hydrogen-bond donors (Lipinski definition) is 3. The van der Waals surface area contributed by atoms with E-state index in [1.807, 2.05) is 0 Å². The maximum absolute atomic E-state index is 11.5. The lowest BCUT2D eigenvalue weighted by molar-refractivity contribution is -0.115. The molecule has 0 atom stereocenters. The highest BCUT2D eigenvalue weighted by molar-refractivity contribution is 6.31. The molecule has 0 saturated heterocycles. The van der Waals surface area contributed by atoms with E-state index < -0.39 is 11.9 Å². The van der Waals surface area contributed by atoms with Crippen molar-refractivity contribution in [3.8, 4) is 12.3 Å². The number of benzene rings is 1. The maximum Gasteiger partial charge on any atom is 0.337 e. The van der Waals surface area contributed by atoms with Gasteiger partial charge in [-0.15, -0.1) is 6.42 Å². The highest BCUT2D eigenvalue weighted by atomic mass is 35.5. The molecule has 5 nitrogen and oxygen atoms in total. The molecule has 0 spiro atoms. The van der Waals surface area contributed by atoms with Crippen molar-refractivity contribution in [2.75, 3.05) is 18.4 Å². The van der Waals surface area contributed by atoms with Crippen LogP contribution in [0, 0.1) is 12.3 Å². The Morgan fingerprint density at radius 2 is 2.17 bits per heavy atom. The zero-order chi connectivity index (χ0) is 13.5. The summed E-state index contributed by atoms with van der Waals surface area (Å²) in [5.41, 5.74) is 0.132. The monoisotopic (exact) mass is 266 g/mol. The van der Waals surface area contributed by atoms with Crippen molar-refractivity contribution in [1.29, 1.82) is 0 Å². The lowest BCUT2D eigenvalue weighted by atomic mass is 10.2. The number of amides is 1. The molecule has 1 rings (SSSR count). The molecule has 18 heavy (non-hydrogen) atoms. The summed E-state index contributed by atoms with van der Waals surface area (Å²) < 4.78 is 0. The van der Waals surface area contributed by atoms with Gasteiger partial charge in [0.2, 0.25) is 5.91 Å². The minimum atomic E-state index is -1.14. The molecule has 0 heterocycles. The number of halogens is 1. The zero-order valence-electron chi connectivity index (χ0n) is 9.37. The summed E-state index contributed by atoms with van der Waals surface area (Å²) in [6.07, 6.45) is 5.01. The van der Waals surface area contributed by atoms with E-state index in [1.165, 1.54) is 18.2 Å². The topological polar surface area (TPSA) is 78.4 Å². The number of carbonyl (C=O) groups is 2. The van der Waals surface area contributed by atoms with Gasteiger partial charge in [0.1, 0.15) is 0 Å². The highest BCUT2D eigenvalue weighted by Crippen LogP contribution is 2.20. The Bertz CT molecular complexity index is 509. The van der Waals surface area contributed by atoms with E-state index in [1.54, 1.807) is 0 Å². The molecule has 1 amide bonds. The number of rotatable bonds is 5. The van der Waals surface area contributed by atoms with E-state index in [4.69, 9.17) is 23.1 Å². The molecule has 0 radical (unpaired) electrons. The molecule has 0 aliphatic carbocycles. The van der Waals surface area contributed by atoms with Crippen LogP contribution in [0.25, 0.3) is 0 Å². The van der Waals surface area contributed by atoms with Crippen LogP contribution < -0.4 is 10.6 Å². The number of carboxylic acids is 1. The third-order valence-corrected chi connectivity index (χ3v) is 2.23. The molecule has 0 fully saturated rings. The Morgan fingerprint density at radius 3 is 2.78 bits per heavy atom. The van der Waals surface area contributed by atoms with E-state index in [0.717, 1.165) is 0 Å². The fraction of sp³-hybridized carbons (Fsp3) is 0.167. The van der Waals surface area contributed by atoms with Crippen LogP contribution in [0.15, 0.2) is 18.2 Å². The van der Waals surface area contributed by atoms with Crippen molar-refractivity contribution >= 4 is 29.2 Å². The van der Waals surface area contributed by atoms with Gasteiger partial charge in [0.05, 0.1) is 24.3 Å². The Kier molecular flexibility index (Phi) is 5.18. The second kappa shape index (κ2) is 6.64. The average molecular weight is 267 g/mol. The Morgan fingerprint density at radius 1 is 1.44 bits per heavy atom. The Hall–Kier alpha value is -2.03. The number of carboxylic acid groups (broad SMARTS) is 1. The molecule has 0 saturated carbocycles. The molecular formula is C12H11ClN2O3. The molecule has 3 N–H and O–H groups in total. The molecule has 1 aromatic carbocycles. The lowest BCUT2D eigenvalue weighted by Gasteiger charge is -2.09. The van der Waals surface area contributed by atoms with Crippen LogP contribution in [-0.2, 0) is 4.79 Å². The van der Waals surface area contributed by atoms with Gasteiger partial charge >= 0.3 is 5.97 Å². The van der Waals surface area contributed by atoms with Crippen molar-refractivity contribution in [1.82, 2.24) is 5.32 Å². The van der Waals surface area contributed by atoms with Crippen molar-refractivity contribution in [2.45, 2.75) is 0 Å². The summed E-state index contributed by atoms with van der Waals surface area (Å²) in [4.78, 5) is 22.4. The smallest absolute Gasteiger partial charge is 0.337 e. The molecule has 0 aromatic heterocycles. The predicted molar refractivity (Wildman–Crippen MR) is 68.7 cm³/mol. The van der Waals surface area contributed by atoms with E-state index in [-0.39, 0.29) is 24.3 Å². The zero-order valence-corrected chi connectivity index (χ0v) is 10.1. The second-order valence-corrected chi connectivity index (χ2v) is 3.79. The summed E-state index contributed by atoms with van der Waals surface area (Å²) in [7, 11) is 0. The third-order valence-electron chi connectivity index (χ3n) is 2.00. The summed E-state index contributed by atoms with van der Waals surface area (Å²) in [5, 5.41) is 14.4. The van der Waals surface area contributed by atoms with E-state index in [9.17, 15) is 9.59 Å². The van der Waals surface area contributed by atoms with Gasteiger partial charge in [0.15, 0.2) is 0 Å². The summed E-state index contributed by atoms with van der Waals surface area (Å²) in [5.74, 6) is 0.786. The molecule has 0 aliphatic heterocycles. The number of hydrogen-bond acceptors (Lipinski definition) is 3. The number of carbonyl (C=O) groups excluding carboxylic acids is 1. The Balaban J connectivity index is 2.77. The van der Waals surface area contributed by atoms with Gasteiger partial charge in [0, 0.05) is 5.02 Å². The second-order valence-electron chi connectivity index (χ2n) is 3.35. The van der Waals surface area contributed by atoms with Crippen LogP contribution in [-0.4, -0.2) is 30.1 Å². The summed E-state index contributed by atoms with van der Waals surface area (Å²) in [6.45, 7) is 0.254. The van der Waals surface area contributed by atoms with Crippen molar-refractivity contribution < 1.29 is 14.7 Å². The Labute approximate surface area is 109 Å². The number of nitrogens with one attached hydrogen (secondary N) is 2. The third kappa shape index (κ3) is 4.09. The van der Waals surface area contributed by atoms with Crippen LogP contribution in [0.5, 0.6) is 0 Å². The number of anilines is 1. The molecule has 94 valence electrons. The normalized spacial score (nSPS) is 9.56. The number of terminal acetylenes is 1. The molecule has 1 aromatic rings. The molecule has 0 bridgehead atoms. The van der Waals surface area contributed by atoms with Gasteiger partial charge in [0.25, 0.3) is 0 Å². The fourth-order valence-electron chi connectivity index (χ4n) is 1.25. The van der Waals surface area contributed by atoms with Crippen LogP contribution in [0.2, 0.25) is 5.02 Å². The highest BCUT2D eigenvalue weighted by Gasteiger charge is 2.12. The van der Waals surface area contributed by atoms with Crippen LogP contribution in [0.4, 0.5) is 5.69 Å². The molecule has 0 aliphatic rings. The number of aromatic carboxylic acids is 1.